The van der Waals surface area contributed by atoms with Crippen LogP contribution in [0, 0.1) is 0 Å². The summed E-state index contributed by atoms with van der Waals surface area (Å²) >= 11 is 0. The van der Waals surface area contributed by atoms with E-state index in [-0.39, 0.29) is 0 Å². The molecule has 0 spiro atoms. The van der Waals surface area contributed by atoms with Crippen molar-refractivity contribution < 1.29 is 0 Å². The SMILES string of the molecule is C1=CCCC(CN2CCN3CCCCC3C2)=C1. The predicted molar refractivity (Wildman–Crippen MR) is 72.1 cm³/mol. The topological polar surface area (TPSA) is 6.48 Å². The largest absolute Gasteiger partial charge is 0.298 e. The summed E-state index contributed by atoms with van der Waals surface area (Å²) in [5.74, 6) is 0. The maximum Gasteiger partial charge on any atom is 0.0223 e. The van der Waals surface area contributed by atoms with Gasteiger partial charge in [-0.2, -0.15) is 0 Å². The highest BCUT2D eigenvalue weighted by molar-refractivity contribution is 5.19. The highest BCUT2D eigenvalue weighted by Crippen LogP contribution is 2.22. The first-order valence-corrected chi connectivity index (χ1v) is 7.23. The maximum absolute atomic E-state index is 2.72. The van der Waals surface area contributed by atoms with Crippen molar-refractivity contribution in [3.05, 3.63) is 23.8 Å². The minimum atomic E-state index is 0.859. The average Bonchev–Trinajstić information content (AvgIpc) is 2.40. The van der Waals surface area contributed by atoms with Gasteiger partial charge in [0.1, 0.15) is 0 Å². The summed E-state index contributed by atoms with van der Waals surface area (Å²) in [5, 5.41) is 0. The molecule has 0 bridgehead atoms. The number of nitrogens with zero attached hydrogens (tertiary/aromatic N) is 2. The van der Waals surface area contributed by atoms with Crippen LogP contribution in [-0.4, -0.2) is 48.6 Å². The minimum Gasteiger partial charge on any atom is -0.298 e. The van der Waals surface area contributed by atoms with E-state index >= 15 is 0 Å². The van der Waals surface area contributed by atoms with Crippen LogP contribution in [0.4, 0.5) is 0 Å². The number of fused-ring (bicyclic) bond motifs is 1. The van der Waals surface area contributed by atoms with E-state index in [0.717, 1.165) is 6.04 Å². The Morgan fingerprint density at radius 2 is 2.18 bits per heavy atom. The first-order valence-electron chi connectivity index (χ1n) is 7.23. The lowest BCUT2D eigenvalue weighted by atomic mass is 9.98. The fraction of sp³-hybridized carbons (Fsp3) is 0.733. The molecule has 1 atom stereocenters. The molecule has 2 heteroatoms. The highest BCUT2D eigenvalue weighted by Gasteiger charge is 2.28. The van der Waals surface area contributed by atoms with Gasteiger partial charge in [-0.15, -0.1) is 0 Å². The van der Waals surface area contributed by atoms with Gasteiger partial charge in [0.15, 0.2) is 0 Å². The van der Waals surface area contributed by atoms with Crippen LogP contribution < -0.4 is 0 Å². The van der Waals surface area contributed by atoms with Gasteiger partial charge in [-0.1, -0.05) is 30.2 Å². The summed E-state index contributed by atoms with van der Waals surface area (Å²) < 4.78 is 0. The second-order valence-electron chi connectivity index (χ2n) is 5.71. The Kier molecular flexibility index (Phi) is 3.62. The molecule has 1 unspecified atom stereocenters. The van der Waals surface area contributed by atoms with Crippen LogP contribution in [0.1, 0.15) is 32.1 Å². The molecule has 0 aromatic rings. The van der Waals surface area contributed by atoms with Gasteiger partial charge in [0.25, 0.3) is 0 Å². The molecule has 2 heterocycles. The van der Waals surface area contributed by atoms with Gasteiger partial charge in [-0.05, 0) is 32.2 Å². The fourth-order valence-corrected chi connectivity index (χ4v) is 3.44. The standard InChI is InChI=1S/C15H24N2/c1-2-6-14(7-3-1)12-16-10-11-17-9-5-4-8-15(17)13-16/h1-2,6,15H,3-5,7-13H2. The van der Waals surface area contributed by atoms with Crippen LogP contribution in [0.5, 0.6) is 0 Å². The molecule has 3 aliphatic rings. The third-order valence-corrected chi connectivity index (χ3v) is 4.45. The normalized spacial score (nSPS) is 31.1. The quantitative estimate of drug-likeness (QED) is 0.721. The van der Waals surface area contributed by atoms with Gasteiger partial charge in [-0.25, -0.2) is 0 Å². The molecule has 2 aliphatic heterocycles. The van der Waals surface area contributed by atoms with Crippen LogP contribution in [0.3, 0.4) is 0 Å². The van der Waals surface area contributed by atoms with Gasteiger partial charge in [-0.3, -0.25) is 9.80 Å². The Balaban J connectivity index is 1.55. The molecule has 3 rings (SSSR count). The van der Waals surface area contributed by atoms with E-state index in [4.69, 9.17) is 0 Å². The third-order valence-electron chi connectivity index (χ3n) is 4.45. The first kappa shape index (κ1) is 11.5. The van der Waals surface area contributed by atoms with Crippen LogP contribution in [0.15, 0.2) is 23.8 Å². The van der Waals surface area contributed by atoms with Crippen molar-refractivity contribution >= 4 is 0 Å². The van der Waals surface area contributed by atoms with Crippen LogP contribution in [-0.2, 0) is 0 Å². The van der Waals surface area contributed by atoms with Crippen molar-refractivity contribution in [2.75, 3.05) is 32.7 Å². The van der Waals surface area contributed by atoms with Gasteiger partial charge in [0.05, 0.1) is 0 Å². The monoisotopic (exact) mass is 232 g/mol. The summed E-state index contributed by atoms with van der Waals surface area (Å²) in [5.41, 5.74) is 1.64. The van der Waals surface area contributed by atoms with E-state index in [0.29, 0.717) is 0 Å². The smallest absolute Gasteiger partial charge is 0.0223 e. The predicted octanol–water partition coefficient (Wildman–Crippen LogP) is 2.43. The maximum atomic E-state index is 2.72. The minimum absolute atomic E-state index is 0.859. The lowest BCUT2D eigenvalue weighted by Crippen LogP contribution is -2.55. The van der Waals surface area contributed by atoms with Crippen molar-refractivity contribution in [1.82, 2.24) is 9.80 Å². The van der Waals surface area contributed by atoms with Crippen molar-refractivity contribution in [3.8, 4) is 0 Å². The van der Waals surface area contributed by atoms with Crippen molar-refractivity contribution in [2.24, 2.45) is 0 Å². The molecule has 0 radical (unpaired) electrons. The number of piperazine rings is 1. The van der Waals surface area contributed by atoms with E-state index in [9.17, 15) is 0 Å². The molecule has 1 aliphatic carbocycles. The molecule has 2 fully saturated rings. The highest BCUT2D eigenvalue weighted by atomic mass is 15.3. The third kappa shape index (κ3) is 2.80. The number of hydrogen-bond acceptors (Lipinski definition) is 2. The molecule has 17 heavy (non-hydrogen) atoms. The Bertz CT molecular complexity index is 319. The Morgan fingerprint density at radius 1 is 1.18 bits per heavy atom. The van der Waals surface area contributed by atoms with Crippen LogP contribution >= 0.6 is 0 Å². The van der Waals surface area contributed by atoms with E-state index < -0.39 is 0 Å². The summed E-state index contributed by atoms with van der Waals surface area (Å²) in [6.07, 6.45) is 13.7. The summed E-state index contributed by atoms with van der Waals surface area (Å²) in [6.45, 7) is 6.45. The average molecular weight is 232 g/mol. The molecule has 0 aromatic carbocycles. The Labute approximate surface area is 105 Å². The van der Waals surface area contributed by atoms with Crippen LogP contribution in [0.25, 0.3) is 0 Å². The molecular formula is C15H24N2. The van der Waals surface area contributed by atoms with Crippen molar-refractivity contribution in [2.45, 2.75) is 38.1 Å². The number of piperidine rings is 1. The molecule has 94 valence electrons. The molecule has 2 saturated heterocycles. The second kappa shape index (κ2) is 5.36. The number of rotatable bonds is 2. The zero-order valence-corrected chi connectivity index (χ0v) is 10.8. The van der Waals surface area contributed by atoms with Gasteiger partial charge in [0.2, 0.25) is 0 Å². The van der Waals surface area contributed by atoms with Gasteiger partial charge < -0.3 is 0 Å². The summed E-state index contributed by atoms with van der Waals surface area (Å²) in [7, 11) is 0. The van der Waals surface area contributed by atoms with Gasteiger partial charge in [0, 0.05) is 32.2 Å². The van der Waals surface area contributed by atoms with Crippen LogP contribution in [0.2, 0.25) is 0 Å². The van der Waals surface area contributed by atoms with Crippen molar-refractivity contribution in [1.29, 1.82) is 0 Å². The Hall–Kier alpha value is -0.600. The molecule has 2 nitrogen and oxygen atoms in total. The lowest BCUT2D eigenvalue weighted by Gasteiger charge is -2.44. The van der Waals surface area contributed by atoms with E-state index in [1.165, 1.54) is 64.8 Å². The van der Waals surface area contributed by atoms with E-state index in [1.807, 2.05) is 0 Å². The van der Waals surface area contributed by atoms with Crippen molar-refractivity contribution in [3.63, 3.8) is 0 Å². The first-order chi connectivity index (χ1) is 8.42. The molecular weight excluding hydrogens is 208 g/mol. The Morgan fingerprint density at radius 3 is 3.06 bits per heavy atom. The van der Waals surface area contributed by atoms with E-state index in [1.54, 1.807) is 5.57 Å². The zero-order chi connectivity index (χ0) is 11.5. The van der Waals surface area contributed by atoms with Gasteiger partial charge >= 0.3 is 0 Å². The second-order valence-corrected chi connectivity index (χ2v) is 5.71. The lowest BCUT2D eigenvalue weighted by molar-refractivity contribution is 0.0537. The molecule has 0 N–H and O–H groups in total. The summed E-state index contributed by atoms with van der Waals surface area (Å²) in [6, 6.07) is 0.859. The molecule has 0 saturated carbocycles. The number of allylic oxidation sites excluding steroid dienone is 3. The number of hydrogen-bond donors (Lipinski definition) is 0. The summed E-state index contributed by atoms with van der Waals surface area (Å²) in [4.78, 5) is 5.40. The zero-order valence-electron chi connectivity index (χ0n) is 10.8. The molecule has 0 amide bonds. The molecule has 0 aromatic heterocycles. The van der Waals surface area contributed by atoms with E-state index in [2.05, 4.69) is 28.0 Å². The fourth-order valence-electron chi connectivity index (χ4n) is 3.44.